The summed E-state index contributed by atoms with van der Waals surface area (Å²) >= 11 is 3.36. The van der Waals surface area contributed by atoms with E-state index in [4.69, 9.17) is 5.73 Å². The number of halogens is 1. The zero-order valence-corrected chi connectivity index (χ0v) is 9.87. The molecule has 4 nitrogen and oxygen atoms in total. The number of nitrogens with zero attached hydrogens (tertiary/aromatic N) is 1. The van der Waals surface area contributed by atoms with Gasteiger partial charge in [0.2, 0.25) is 0 Å². The molecular formula is C10H14BrN3O. The maximum atomic E-state index is 9.70. The van der Waals surface area contributed by atoms with Gasteiger partial charge in [0.05, 0.1) is 28.1 Å². The highest BCUT2D eigenvalue weighted by Gasteiger charge is 2.29. The molecule has 4 N–H and O–H groups in total. The average molecular weight is 272 g/mol. The topological polar surface area (TPSA) is 71.2 Å². The van der Waals surface area contributed by atoms with Crippen molar-refractivity contribution in [2.45, 2.75) is 18.9 Å². The Labute approximate surface area is 97.0 Å². The van der Waals surface area contributed by atoms with Crippen molar-refractivity contribution in [3.8, 4) is 0 Å². The zero-order chi connectivity index (χ0) is 10.8. The molecule has 0 bridgehead atoms. The Bertz CT molecular complexity index is 334. The van der Waals surface area contributed by atoms with Crippen LogP contribution in [0.15, 0.2) is 16.9 Å². The van der Waals surface area contributed by atoms with E-state index < -0.39 is 0 Å². The monoisotopic (exact) mass is 271 g/mol. The van der Waals surface area contributed by atoms with E-state index in [1.165, 1.54) is 0 Å². The molecule has 5 heteroatoms. The van der Waals surface area contributed by atoms with E-state index in [1.54, 1.807) is 12.4 Å². The van der Waals surface area contributed by atoms with Crippen LogP contribution >= 0.6 is 15.9 Å². The predicted octanol–water partition coefficient (Wildman–Crippen LogP) is 1.61. The van der Waals surface area contributed by atoms with Crippen LogP contribution in [0.4, 0.5) is 11.4 Å². The molecule has 0 radical (unpaired) electrons. The van der Waals surface area contributed by atoms with Gasteiger partial charge in [-0.25, -0.2) is 0 Å². The Morgan fingerprint density at radius 1 is 1.60 bits per heavy atom. The number of pyridine rings is 1. The van der Waals surface area contributed by atoms with Gasteiger partial charge in [-0.3, -0.25) is 4.98 Å². The summed E-state index contributed by atoms with van der Waals surface area (Å²) in [4.78, 5) is 3.94. The molecule has 1 aliphatic carbocycles. The number of anilines is 2. The minimum Gasteiger partial charge on any atom is -0.396 e. The second-order valence-electron chi connectivity index (χ2n) is 3.87. The normalized spacial score (nSPS) is 17.5. The largest absolute Gasteiger partial charge is 0.396 e. The Balaban J connectivity index is 1.97. The molecular weight excluding hydrogens is 258 g/mol. The van der Waals surface area contributed by atoms with Gasteiger partial charge in [-0.15, -0.1) is 0 Å². The lowest BCUT2D eigenvalue weighted by molar-refractivity contribution is 0.164. The maximum absolute atomic E-state index is 9.70. The molecule has 15 heavy (non-hydrogen) atoms. The number of nitrogen functional groups attached to an aromatic ring is 1. The van der Waals surface area contributed by atoms with Crippen molar-refractivity contribution in [1.82, 2.24) is 4.98 Å². The highest BCUT2D eigenvalue weighted by atomic mass is 79.9. The number of nitrogens with two attached hydrogens (primary N) is 1. The van der Waals surface area contributed by atoms with Crippen LogP contribution < -0.4 is 11.1 Å². The van der Waals surface area contributed by atoms with E-state index in [1.807, 2.05) is 0 Å². The first-order valence-electron chi connectivity index (χ1n) is 4.99. The van der Waals surface area contributed by atoms with Gasteiger partial charge in [-0.2, -0.15) is 0 Å². The maximum Gasteiger partial charge on any atom is 0.0750 e. The van der Waals surface area contributed by atoms with Crippen LogP contribution in [0.3, 0.4) is 0 Å². The first-order valence-corrected chi connectivity index (χ1v) is 5.78. The third-order valence-electron chi connectivity index (χ3n) is 2.58. The van der Waals surface area contributed by atoms with E-state index in [9.17, 15) is 5.11 Å². The SMILES string of the molecule is Nc1cncc(Br)c1NCC(O)C1CC1. The summed E-state index contributed by atoms with van der Waals surface area (Å²) in [5, 5.41) is 12.8. The molecule has 1 aromatic heterocycles. The average Bonchev–Trinajstić information content (AvgIpc) is 2.99. The van der Waals surface area contributed by atoms with Gasteiger partial charge in [0.15, 0.2) is 0 Å². The molecule has 2 rings (SSSR count). The Kier molecular flexibility index (Phi) is 3.11. The van der Waals surface area contributed by atoms with Gasteiger partial charge in [0.1, 0.15) is 0 Å². The molecule has 1 heterocycles. The lowest BCUT2D eigenvalue weighted by Gasteiger charge is -2.14. The minimum absolute atomic E-state index is 0.274. The minimum atomic E-state index is -0.274. The lowest BCUT2D eigenvalue weighted by atomic mass is 10.2. The van der Waals surface area contributed by atoms with Crippen LogP contribution in [0.2, 0.25) is 0 Å². The third-order valence-corrected chi connectivity index (χ3v) is 3.18. The fraction of sp³-hybridized carbons (Fsp3) is 0.500. The fourth-order valence-electron chi connectivity index (χ4n) is 1.49. The van der Waals surface area contributed by atoms with E-state index >= 15 is 0 Å². The number of hydrogen-bond acceptors (Lipinski definition) is 4. The molecule has 1 aromatic rings. The van der Waals surface area contributed by atoms with Gasteiger partial charge < -0.3 is 16.2 Å². The summed E-state index contributed by atoms with van der Waals surface area (Å²) < 4.78 is 0.825. The first-order chi connectivity index (χ1) is 7.18. The van der Waals surface area contributed by atoms with Gasteiger partial charge in [0.25, 0.3) is 0 Å². The number of aromatic nitrogens is 1. The van der Waals surface area contributed by atoms with Crippen molar-refractivity contribution in [3.63, 3.8) is 0 Å². The molecule has 1 fully saturated rings. The van der Waals surface area contributed by atoms with E-state index in [-0.39, 0.29) is 6.10 Å². The van der Waals surface area contributed by atoms with Gasteiger partial charge in [-0.1, -0.05) is 0 Å². The molecule has 1 saturated carbocycles. The van der Waals surface area contributed by atoms with E-state index in [2.05, 4.69) is 26.2 Å². The molecule has 0 amide bonds. The second kappa shape index (κ2) is 4.37. The van der Waals surface area contributed by atoms with Gasteiger partial charge >= 0.3 is 0 Å². The quantitative estimate of drug-likeness (QED) is 0.778. The molecule has 0 spiro atoms. The number of rotatable bonds is 4. The number of aliphatic hydroxyl groups is 1. The molecule has 82 valence electrons. The smallest absolute Gasteiger partial charge is 0.0750 e. The highest BCUT2D eigenvalue weighted by molar-refractivity contribution is 9.10. The van der Waals surface area contributed by atoms with E-state index in [0.29, 0.717) is 18.2 Å². The molecule has 1 unspecified atom stereocenters. The Hall–Kier alpha value is -0.810. The van der Waals surface area contributed by atoms with E-state index in [0.717, 1.165) is 23.0 Å². The molecule has 1 aliphatic rings. The van der Waals surface area contributed by atoms with Crippen LogP contribution in [0.1, 0.15) is 12.8 Å². The number of hydrogen-bond donors (Lipinski definition) is 3. The van der Waals surface area contributed by atoms with Crippen molar-refractivity contribution >= 4 is 27.3 Å². The predicted molar refractivity (Wildman–Crippen MR) is 63.6 cm³/mol. The third kappa shape index (κ3) is 2.60. The summed E-state index contributed by atoms with van der Waals surface area (Å²) in [5.74, 6) is 0.472. The molecule has 0 aromatic carbocycles. The van der Waals surface area contributed by atoms with Crippen molar-refractivity contribution in [1.29, 1.82) is 0 Å². The highest BCUT2D eigenvalue weighted by Crippen LogP contribution is 2.33. The molecule has 0 saturated heterocycles. The summed E-state index contributed by atoms with van der Waals surface area (Å²) in [6.45, 7) is 0.539. The first kappa shape index (κ1) is 10.7. The van der Waals surface area contributed by atoms with Crippen molar-refractivity contribution in [2.75, 3.05) is 17.6 Å². The van der Waals surface area contributed by atoms with Crippen LogP contribution in [0.5, 0.6) is 0 Å². The second-order valence-corrected chi connectivity index (χ2v) is 4.73. The number of nitrogens with one attached hydrogen (secondary N) is 1. The van der Waals surface area contributed by atoms with Gasteiger partial charge in [0, 0.05) is 12.7 Å². The lowest BCUT2D eigenvalue weighted by Crippen LogP contribution is -2.22. The van der Waals surface area contributed by atoms with Crippen LogP contribution in [-0.4, -0.2) is 22.7 Å². The Morgan fingerprint density at radius 3 is 2.93 bits per heavy atom. The standard InChI is InChI=1S/C10H14BrN3O/c11-7-3-13-4-8(12)10(7)14-5-9(15)6-1-2-6/h3-4,6,9,15H,1-2,5,12H2,(H,13,14). The van der Waals surface area contributed by atoms with Crippen LogP contribution in [-0.2, 0) is 0 Å². The van der Waals surface area contributed by atoms with Crippen molar-refractivity contribution in [3.05, 3.63) is 16.9 Å². The van der Waals surface area contributed by atoms with Crippen molar-refractivity contribution < 1.29 is 5.11 Å². The summed E-state index contributed by atoms with van der Waals surface area (Å²) in [7, 11) is 0. The summed E-state index contributed by atoms with van der Waals surface area (Å²) in [6, 6.07) is 0. The fourth-order valence-corrected chi connectivity index (χ4v) is 1.98. The molecule has 0 aliphatic heterocycles. The summed E-state index contributed by atoms with van der Waals surface area (Å²) in [5.41, 5.74) is 7.16. The van der Waals surface area contributed by atoms with Crippen LogP contribution in [0.25, 0.3) is 0 Å². The summed E-state index contributed by atoms with van der Waals surface area (Å²) in [6.07, 6.45) is 5.27. The van der Waals surface area contributed by atoms with Crippen LogP contribution in [0, 0.1) is 5.92 Å². The van der Waals surface area contributed by atoms with Gasteiger partial charge in [-0.05, 0) is 34.7 Å². The Morgan fingerprint density at radius 2 is 2.33 bits per heavy atom. The number of aliphatic hydroxyl groups excluding tert-OH is 1. The van der Waals surface area contributed by atoms with Crippen molar-refractivity contribution in [2.24, 2.45) is 5.92 Å². The zero-order valence-electron chi connectivity index (χ0n) is 8.28. The molecule has 1 atom stereocenters.